The smallest absolute Gasteiger partial charge is 0.118 e. The summed E-state index contributed by atoms with van der Waals surface area (Å²) in [4.78, 5) is 4.59. The maximum absolute atomic E-state index is 5.17. The van der Waals surface area contributed by atoms with Gasteiger partial charge in [-0.05, 0) is 36.8 Å². The van der Waals surface area contributed by atoms with Gasteiger partial charge in [0.1, 0.15) is 5.75 Å². The monoisotopic (exact) mass is 249 g/mol. The molecule has 0 aromatic heterocycles. The van der Waals surface area contributed by atoms with E-state index in [0.717, 1.165) is 22.7 Å². The van der Waals surface area contributed by atoms with Crippen LogP contribution in [-0.2, 0) is 0 Å². The van der Waals surface area contributed by atoms with Crippen molar-refractivity contribution >= 4 is 23.0 Å². The highest BCUT2D eigenvalue weighted by atomic mass is 16.5. The van der Waals surface area contributed by atoms with Gasteiger partial charge < -0.3 is 4.74 Å². The molecule has 0 unspecified atom stereocenters. The normalized spacial score (nSPS) is 15.3. The molecule has 2 aromatic rings. The Kier molecular flexibility index (Phi) is 2.92. The lowest BCUT2D eigenvalue weighted by Gasteiger charge is -2.03. The molecule has 0 radical (unpaired) electrons. The molecule has 2 nitrogen and oxygen atoms in total. The van der Waals surface area contributed by atoms with Crippen molar-refractivity contribution < 1.29 is 4.74 Å². The van der Waals surface area contributed by atoms with Gasteiger partial charge in [-0.15, -0.1) is 0 Å². The molecule has 2 aromatic carbocycles. The summed E-state index contributed by atoms with van der Waals surface area (Å²) in [6, 6.07) is 16.3. The summed E-state index contributed by atoms with van der Waals surface area (Å²) in [7, 11) is 1.68. The first kappa shape index (κ1) is 11.7. The molecule has 94 valence electrons. The zero-order chi connectivity index (χ0) is 13.2. The Morgan fingerprint density at radius 1 is 1.00 bits per heavy atom. The van der Waals surface area contributed by atoms with Crippen LogP contribution < -0.4 is 4.74 Å². The fraction of sp³-hybridized carbons (Fsp3) is 0.118. The van der Waals surface area contributed by atoms with Gasteiger partial charge in [-0.25, -0.2) is 0 Å². The second kappa shape index (κ2) is 4.73. The number of nitrogens with zero attached hydrogens (tertiary/aromatic N) is 1. The Hall–Kier alpha value is -2.35. The number of benzene rings is 2. The van der Waals surface area contributed by atoms with Crippen molar-refractivity contribution in [2.24, 2.45) is 4.99 Å². The highest BCUT2D eigenvalue weighted by molar-refractivity contribution is 6.31. The Labute approximate surface area is 113 Å². The molecular formula is C17H15NO. The lowest BCUT2D eigenvalue weighted by Crippen LogP contribution is -1.90. The molecule has 0 saturated carbocycles. The molecule has 0 fully saturated rings. The van der Waals surface area contributed by atoms with E-state index in [1.54, 1.807) is 7.11 Å². The molecule has 0 spiro atoms. The Morgan fingerprint density at radius 3 is 2.47 bits per heavy atom. The Morgan fingerprint density at radius 2 is 1.74 bits per heavy atom. The van der Waals surface area contributed by atoms with E-state index in [-0.39, 0.29) is 0 Å². The summed E-state index contributed by atoms with van der Waals surface area (Å²) in [6.45, 7) is 2.05. The van der Waals surface area contributed by atoms with Crippen molar-refractivity contribution in [3.8, 4) is 5.75 Å². The maximum atomic E-state index is 5.17. The number of ether oxygens (including phenoxy) is 1. The van der Waals surface area contributed by atoms with Crippen LogP contribution >= 0.6 is 0 Å². The number of fused-ring (bicyclic) bond motifs is 1. The van der Waals surface area contributed by atoms with Crippen LogP contribution in [0.15, 0.2) is 53.5 Å². The second-order valence-electron chi connectivity index (χ2n) is 4.55. The molecular weight excluding hydrogens is 234 g/mol. The SMILES string of the molecule is COc1ccc(/C=C2\C(C)=Nc3ccccc32)cc1. The third-order valence-electron chi connectivity index (χ3n) is 3.30. The Bertz CT molecular complexity index is 666. The van der Waals surface area contributed by atoms with E-state index in [1.807, 2.05) is 24.3 Å². The van der Waals surface area contributed by atoms with E-state index in [2.05, 4.69) is 42.3 Å². The topological polar surface area (TPSA) is 21.6 Å². The Balaban J connectivity index is 2.02. The third kappa shape index (κ3) is 2.17. The molecule has 0 atom stereocenters. The van der Waals surface area contributed by atoms with Crippen LogP contribution in [0.3, 0.4) is 0 Å². The standard InChI is InChI=1S/C17H15NO/c1-12-16(15-5-3-4-6-17(15)18-12)11-13-7-9-14(19-2)10-8-13/h3-11H,1-2H3/b16-11+. The van der Waals surface area contributed by atoms with Crippen LogP contribution in [0.1, 0.15) is 18.1 Å². The van der Waals surface area contributed by atoms with E-state index in [4.69, 9.17) is 4.74 Å². The van der Waals surface area contributed by atoms with Gasteiger partial charge in [0.15, 0.2) is 0 Å². The van der Waals surface area contributed by atoms with E-state index < -0.39 is 0 Å². The van der Waals surface area contributed by atoms with Crippen molar-refractivity contribution in [2.75, 3.05) is 7.11 Å². The van der Waals surface area contributed by atoms with Crippen molar-refractivity contribution in [3.05, 3.63) is 59.7 Å². The molecule has 0 amide bonds. The lowest BCUT2D eigenvalue weighted by atomic mass is 10.0. The van der Waals surface area contributed by atoms with Gasteiger partial charge in [0, 0.05) is 16.8 Å². The van der Waals surface area contributed by atoms with E-state index in [1.165, 1.54) is 11.1 Å². The van der Waals surface area contributed by atoms with Crippen LogP contribution in [0.2, 0.25) is 0 Å². The number of methoxy groups -OCH3 is 1. The summed E-state index contributed by atoms with van der Waals surface area (Å²) < 4.78 is 5.17. The minimum Gasteiger partial charge on any atom is -0.497 e. The zero-order valence-corrected chi connectivity index (χ0v) is 11.1. The molecule has 0 aliphatic carbocycles. The van der Waals surface area contributed by atoms with Gasteiger partial charge in [-0.3, -0.25) is 4.99 Å². The highest BCUT2D eigenvalue weighted by Gasteiger charge is 2.16. The quantitative estimate of drug-likeness (QED) is 0.775. The predicted molar refractivity (Wildman–Crippen MR) is 80.1 cm³/mol. The van der Waals surface area contributed by atoms with Crippen LogP contribution in [0, 0.1) is 0 Å². The van der Waals surface area contributed by atoms with Crippen molar-refractivity contribution in [2.45, 2.75) is 6.92 Å². The minimum absolute atomic E-state index is 0.874. The van der Waals surface area contributed by atoms with Gasteiger partial charge in [0.2, 0.25) is 0 Å². The van der Waals surface area contributed by atoms with Crippen molar-refractivity contribution in [1.82, 2.24) is 0 Å². The number of aliphatic imine (C=N–C) groups is 1. The summed E-state index contributed by atoms with van der Waals surface area (Å²) in [5.74, 6) is 0.874. The molecule has 3 rings (SSSR count). The summed E-state index contributed by atoms with van der Waals surface area (Å²) in [6.07, 6.45) is 2.17. The molecule has 0 N–H and O–H groups in total. The lowest BCUT2D eigenvalue weighted by molar-refractivity contribution is 0.415. The number of hydrogen-bond acceptors (Lipinski definition) is 2. The summed E-state index contributed by atoms with van der Waals surface area (Å²) >= 11 is 0. The fourth-order valence-electron chi connectivity index (χ4n) is 2.28. The van der Waals surface area contributed by atoms with E-state index >= 15 is 0 Å². The number of allylic oxidation sites excluding steroid dienone is 1. The van der Waals surface area contributed by atoms with E-state index in [0.29, 0.717) is 0 Å². The number of para-hydroxylation sites is 1. The van der Waals surface area contributed by atoms with Gasteiger partial charge in [-0.2, -0.15) is 0 Å². The molecule has 0 bridgehead atoms. The molecule has 1 heterocycles. The maximum Gasteiger partial charge on any atom is 0.118 e. The zero-order valence-electron chi connectivity index (χ0n) is 11.1. The molecule has 1 aliphatic rings. The largest absolute Gasteiger partial charge is 0.497 e. The summed E-state index contributed by atoms with van der Waals surface area (Å²) in [5.41, 5.74) is 5.68. The van der Waals surface area contributed by atoms with Crippen molar-refractivity contribution in [3.63, 3.8) is 0 Å². The van der Waals surface area contributed by atoms with Crippen LogP contribution in [0.4, 0.5) is 5.69 Å². The van der Waals surface area contributed by atoms with Crippen LogP contribution in [-0.4, -0.2) is 12.8 Å². The highest BCUT2D eigenvalue weighted by Crippen LogP contribution is 2.35. The average Bonchev–Trinajstić information content (AvgIpc) is 2.76. The minimum atomic E-state index is 0.874. The van der Waals surface area contributed by atoms with Gasteiger partial charge in [-0.1, -0.05) is 30.3 Å². The average molecular weight is 249 g/mol. The number of hydrogen-bond donors (Lipinski definition) is 0. The molecule has 19 heavy (non-hydrogen) atoms. The first-order valence-corrected chi connectivity index (χ1v) is 6.29. The second-order valence-corrected chi connectivity index (χ2v) is 4.55. The molecule has 2 heteroatoms. The first-order chi connectivity index (χ1) is 9.28. The van der Waals surface area contributed by atoms with Crippen molar-refractivity contribution in [1.29, 1.82) is 0 Å². The van der Waals surface area contributed by atoms with Gasteiger partial charge >= 0.3 is 0 Å². The summed E-state index contributed by atoms with van der Waals surface area (Å²) in [5, 5.41) is 0. The fourth-order valence-corrected chi connectivity index (χ4v) is 2.28. The molecule has 0 saturated heterocycles. The number of rotatable bonds is 2. The first-order valence-electron chi connectivity index (χ1n) is 6.29. The molecule has 1 aliphatic heterocycles. The van der Waals surface area contributed by atoms with Gasteiger partial charge in [0.05, 0.1) is 12.8 Å². The van der Waals surface area contributed by atoms with E-state index in [9.17, 15) is 0 Å². The van der Waals surface area contributed by atoms with Gasteiger partial charge in [0.25, 0.3) is 0 Å². The van der Waals surface area contributed by atoms with Crippen LogP contribution in [0.5, 0.6) is 5.75 Å². The van der Waals surface area contributed by atoms with Crippen LogP contribution in [0.25, 0.3) is 11.6 Å². The third-order valence-corrected chi connectivity index (χ3v) is 3.30. The predicted octanol–water partition coefficient (Wildman–Crippen LogP) is 4.34.